The minimum atomic E-state index is -0.539. The molecule has 1 aliphatic rings. The number of aromatic nitrogens is 4. The molecule has 0 spiro atoms. The summed E-state index contributed by atoms with van der Waals surface area (Å²) in [5.41, 5.74) is 11.6. The van der Waals surface area contributed by atoms with Crippen molar-refractivity contribution in [2.24, 2.45) is 0 Å². The average molecular weight is 452 g/mol. The normalized spacial score (nSPS) is 19.5. The maximum absolute atomic E-state index is 9.80. The van der Waals surface area contributed by atoms with Crippen molar-refractivity contribution < 1.29 is 5.11 Å². The summed E-state index contributed by atoms with van der Waals surface area (Å²) in [6, 6.07) is 20.8. The number of anilines is 1. The number of nitrogens with zero attached hydrogens (tertiary/aromatic N) is 4. The first-order valence-corrected chi connectivity index (χ1v) is 11.5. The maximum atomic E-state index is 9.80. The molecule has 3 heterocycles. The van der Waals surface area contributed by atoms with Crippen LogP contribution in [0.1, 0.15) is 42.8 Å². The number of hydrogen-bond donors (Lipinski definition) is 2. The third kappa shape index (κ3) is 4.24. The Hall–Kier alpha value is -3.77. The molecule has 2 aromatic carbocycles. The monoisotopic (exact) mass is 451 g/mol. The third-order valence-electron chi connectivity index (χ3n) is 6.44. The van der Waals surface area contributed by atoms with Crippen LogP contribution >= 0.6 is 0 Å². The van der Waals surface area contributed by atoms with Crippen LogP contribution in [0.2, 0.25) is 0 Å². The molecule has 5 aromatic rings. The maximum Gasteiger partial charge on any atom is 0.149 e. The predicted octanol–water partition coefficient (Wildman–Crippen LogP) is 5.46. The van der Waals surface area contributed by atoms with Gasteiger partial charge in [-0.3, -0.25) is 4.40 Å². The largest absolute Gasteiger partial charge is 0.390 e. The van der Waals surface area contributed by atoms with Crippen LogP contribution in [-0.2, 0) is 0 Å². The quantitative estimate of drug-likeness (QED) is 0.372. The van der Waals surface area contributed by atoms with E-state index in [1.807, 2.05) is 42.6 Å². The molecule has 3 N–H and O–H groups in total. The number of nitrogen functional groups attached to an aromatic ring is 1. The summed E-state index contributed by atoms with van der Waals surface area (Å²) < 4.78 is 2.00. The minimum Gasteiger partial charge on any atom is -0.390 e. The Kier molecular flexibility index (Phi) is 5.54. The number of imidazole rings is 1. The summed E-state index contributed by atoms with van der Waals surface area (Å²) in [6.07, 6.45) is 5.08. The van der Waals surface area contributed by atoms with Gasteiger partial charge < -0.3 is 10.8 Å². The van der Waals surface area contributed by atoms with Crippen LogP contribution in [0.3, 0.4) is 0 Å². The Morgan fingerprint density at radius 1 is 1.00 bits per heavy atom. The fraction of sp³-hybridized carbons (Fsp3) is 0.250. The van der Waals surface area contributed by atoms with E-state index in [1.54, 1.807) is 6.20 Å². The number of benzene rings is 2. The fourth-order valence-corrected chi connectivity index (χ4v) is 4.74. The summed E-state index contributed by atoms with van der Waals surface area (Å²) in [5.74, 6) is 1.81. The number of pyridine rings is 1. The average Bonchev–Trinajstić information content (AvgIpc) is 3.15. The fourth-order valence-electron chi connectivity index (χ4n) is 4.74. The van der Waals surface area contributed by atoms with Crippen LogP contribution in [0.4, 0.5) is 5.82 Å². The molecular weight excluding hydrogens is 422 g/mol. The van der Waals surface area contributed by atoms with E-state index in [4.69, 9.17) is 10.7 Å². The molecule has 1 aliphatic carbocycles. The van der Waals surface area contributed by atoms with Gasteiger partial charge in [-0.05, 0) is 51.3 Å². The van der Waals surface area contributed by atoms with Crippen molar-refractivity contribution in [3.05, 3.63) is 90.1 Å². The van der Waals surface area contributed by atoms with Crippen LogP contribution < -0.4 is 5.73 Å². The van der Waals surface area contributed by atoms with Crippen LogP contribution in [-0.4, -0.2) is 30.1 Å². The lowest BCUT2D eigenvalue weighted by atomic mass is 9.72. The van der Waals surface area contributed by atoms with E-state index in [2.05, 4.69) is 59.4 Å². The van der Waals surface area contributed by atoms with Crippen LogP contribution in [0, 0.1) is 13.8 Å². The lowest BCUT2D eigenvalue weighted by molar-refractivity contribution is -0.0335. The number of fused-ring (bicyclic) bond motifs is 2. The zero-order valence-electron chi connectivity index (χ0n) is 19.7. The summed E-state index contributed by atoms with van der Waals surface area (Å²) in [4.78, 5) is 13.4. The van der Waals surface area contributed by atoms with Gasteiger partial charge in [-0.25, -0.2) is 15.0 Å². The zero-order valence-corrected chi connectivity index (χ0v) is 19.7. The molecule has 0 bridgehead atoms. The molecule has 0 amide bonds. The lowest BCUT2D eigenvalue weighted by Crippen LogP contribution is -2.40. The third-order valence-corrected chi connectivity index (χ3v) is 6.44. The van der Waals surface area contributed by atoms with Gasteiger partial charge in [0.25, 0.3) is 0 Å². The van der Waals surface area contributed by atoms with Gasteiger partial charge in [-0.2, -0.15) is 0 Å². The second-order valence-corrected chi connectivity index (χ2v) is 9.45. The summed E-state index contributed by atoms with van der Waals surface area (Å²) >= 11 is 0. The molecular formula is C28H29N5O. The standard InChI is InChI=1S/C16H13N.C12H16N4O/c1-12-7-8-14-9-10-15(17-16(14)11-12)13-5-3-2-4-6-13;1-7-9-10(13)14-3-4-16(9)11(15-7)8-5-12(2,17)6-8/h2-11H,1H3;3-4,8,17H,5-6H2,1-2H3,(H2,13,14). The highest BCUT2D eigenvalue weighted by Crippen LogP contribution is 2.44. The highest BCUT2D eigenvalue weighted by molar-refractivity contribution is 5.82. The van der Waals surface area contributed by atoms with E-state index >= 15 is 0 Å². The number of aliphatic hydroxyl groups is 1. The molecule has 3 aromatic heterocycles. The van der Waals surface area contributed by atoms with Gasteiger partial charge in [0, 0.05) is 29.3 Å². The lowest BCUT2D eigenvalue weighted by Gasteiger charge is -2.40. The molecule has 172 valence electrons. The van der Waals surface area contributed by atoms with E-state index in [0.717, 1.165) is 46.7 Å². The summed E-state index contributed by atoms with van der Waals surface area (Å²) in [7, 11) is 0. The highest BCUT2D eigenvalue weighted by atomic mass is 16.3. The first-order valence-electron chi connectivity index (χ1n) is 11.5. The highest BCUT2D eigenvalue weighted by Gasteiger charge is 2.41. The molecule has 0 radical (unpaired) electrons. The van der Waals surface area contributed by atoms with E-state index in [1.165, 1.54) is 10.9 Å². The molecule has 1 saturated carbocycles. The summed E-state index contributed by atoms with van der Waals surface area (Å²) in [5, 5.41) is 11.0. The second kappa shape index (κ2) is 8.54. The predicted molar refractivity (Wildman–Crippen MR) is 137 cm³/mol. The number of rotatable bonds is 2. The first kappa shape index (κ1) is 22.0. The van der Waals surface area contributed by atoms with E-state index in [-0.39, 0.29) is 0 Å². The molecule has 34 heavy (non-hydrogen) atoms. The molecule has 0 unspecified atom stereocenters. The molecule has 6 rings (SSSR count). The van der Waals surface area contributed by atoms with Gasteiger partial charge in [0.2, 0.25) is 0 Å². The Balaban J connectivity index is 0.000000142. The van der Waals surface area contributed by atoms with Gasteiger partial charge >= 0.3 is 0 Å². The Morgan fingerprint density at radius 2 is 1.74 bits per heavy atom. The van der Waals surface area contributed by atoms with Crippen LogP contribution in [0.15, 0.2) is 73.1 Å². The van der Waals surface area contributed by atoms with E-state index < -0.39 is 5.60 Å². The molecule has 6 heteroatoms. The number of aryl methyl sites for hydroxylation is 2. The molecule has 0 atom stereocenters. The van der Waals surface area contributed by atoms with Crippen molar-refractivity contribution in [1.82, 2.24) is 19.4 Å². The van der Waals surface area contributed by atoms with E-state index in [0.29, 0.717) is 11.7 Å². The van der Waals surface area contributed by atoms with Crippen molar-refractivity contribution in [1.29, 1.82) is 0 Å². The zero-order chi connectivity index (χ0) is 23.9. The van der Waals surface area contributed by atoms with Crippen LogP contribution in [0.25, 0.3) is 27.7 Å². The van der Waals surface area contributed by atoms with Crippen molar-refractivity contribution in [2.75, 3.05) is 5.73 Å². The molecule has 1 fully saturated rings. The topological polar surface area (TPSA) is 89.3 Å². The Bertz CT molecular complexity index is 1460. The molecule has 6 nitrogen and oxygen atoms in total. The second-order valence-electron chi connectivity index (χ2n) is 9.45. The Morgan fingerprint density at radius 3 is 2.47 bits per heavy atom. The number of nitrogens with two attached hydrogens (primary N) is 1. The van der Waals surface area contributed by atoms with Gasteiger partial charge in [0.15, 0.2) is 0 Å². The van der Waals surface area contributed by atoms with Gasteiger partial charge in [0.1, 0.15) is 17.2 Å². The van der Waals surface area contributed by atoms with Gasteiger partial charge in [-0.1, -0.05) is 48.5 Å². The van der Waals surface area contributed by atoms with Crippen molar-refractivity contribution in [3.63, 3.8) is 0 Å². The molecule has 0 aliphatic heterocycles. The van der Waals surface area contributed by atoms with Gasteiger partial charge in [-0.15, -0.1) is 0 Å². The van der Waals surface area contributed by atoms with Crippen molar-refractivity contribution >= 4 is 22.2 Å². The number of hydrogen-bond acceptors (Lipinski definition) is 5. The van der Waals surface area contributed by atoms with Crippen molar-refractivity contribution in [2.45, 2.75) is 45.1 Å². The molecule has 0 saturated heterocycles. The first-order chi connectivity index (χ1) is 16.3. The Labute approximate surface area is 199 Å². The van der Waals surface area contributed by atoms with Crippen molar-refractivity contribution in [3.8, 4) is 11.3 Å². The smallest absolute Gasteiger partial charge is 0.149 e. The SMILES string of the molecule is Cc1ccc2ccc(-c3ccccc3)nc2c1.Cc1nc(C2CC(C)(O)C2)n2ccnc(N)c12. The minimum absolute atomic E-state index is 0.313. The van der Waals surface area contributed by atoms with Crippen LogP contribution in [0.5, 0.6) is 0 Å². The van der Waals surface area contributed by atoms with Gasteiger partial charge in [0.05, 0.1) is 22.5 Å². The summed E-state index contributed by atoms with van der Waals surface area (Å²) in [6.45, 7) is 5.89. The van der Waals surface area contributed by atoms with E-state index in [9.17, 15) is 5.11 Å².